The second-order valence-electron chi connectivity index (χ2n) is 11.8. The van der Waals surface area contributed by atoms with Crippen molar-refractivity contribution in [2.24, 2.45) is 5.41 Å². The Morgan fingerprint density at radius 3 is 2.49 bits per heavy atom. The van der Waals surface area contributed by atoms with Gasteiger partial charge in [0.2, 0.25) is 0 Å². The van der Waals surface area contributed by atoms with Crippen LogP contribution in [0.25, 0.3) is 16.6 Å². The molecule has 1 aliphatic heterocycles. The number of tetrazole rings is 1. The van der Waals surface area contributed by atoms with E-state index < -0.39 is 5.92 Å². The first-order valence-electron chi connectivity index (χ1n) is 13.4. The van der Waals surface area contributed by atoms with Crippen LogP contribution in [-0.4, -0.2) is 31.6 Å². The molecule has 2 aromatic carbocycles. The molecule has 2 aromatic heterocycles. The van der Waals surface area contributed by atoms with E-state index in [0.29, 0.717) is 42.5 Å². The third-order valence-electron chi connectivity index (χ3n) is 8.29. The summed E-state index contributed by atoms with van der Waals surface area (Å²) >= 11 is 0. The maximum Gasteiger partial charge on any atom is 0.184 e. The lowest BCUT2D eigenvalue weighted by atomic mass is 9.66. The molecule has 0 bridgehead atoms. The summed E-state index contributed by atoms with van der Waals surface area (Å²) in [4.78, 5) is 30.0. The predicted molar refractivity (Wildman–Crippen MR) is 146 cm³/mol. The molecule has 1 atom stereocenters. The van der Waals surface area contributed by atoms with Gasteiger partial charge < -0.3 is 4.90 Å². The van der Waals surface area contributed by atoms with Crippen LogP contribution >= 0.6 is 0 Å². The number of carbonyl (C=O) groups excluding carboxylic acids is 2. The van der Waals surface area contributed by atoms with Gasteiger partial charge in [0.25, 0.3) is 0 Å². The number of rotatable bonds is 2. The molecule has 3 heterocycles. The highest BCUT2D eigenvalue weighted by atomic mass is 19.1. The van der Waals surface area contributed by atoms with E-state index in [0.717, 1.165) is 45.5 Å². The van der Waals surface area contributed by atoms with Crippen LogP contribution in [0.3, 0.4) is 0 Å². The van der Waals surface area contributed by atoms with Gasteiger partial charge in [0.15, 0.2) is 17.2 Å². The number of nitrogens with zero attached hydrogens (tertiary/aromatic N) is 5. The van der Waals surface area contributed by atoms with Crippen LogP contribution in [0.4, 0.5) is 10.1 Å². The highest BCUT2D eigenvalue weighted by Gasteiger charge is 2.47. The van der Waals surface area contributed by atoms with Crippen molar-refractivity contribution in [3.63, 3.8) is 0 Å². The molecule has 196 valence electrons. The van der Waals surface area contributed by atoms with Crippen molar-refractivity contribution in [3.05, 3.63) is 88.0 Å². The van der Waals surface area contributed by atoms with Crippen LogP contribution in [0.1, 0.15) is 63.0 Å². The van der Waals surface area contributed by atoms with E-state index in [-0.39, 0.29) is 22.8 Å². The summed E-state index contributed by atoms with van der Waals surface area (Å²) < 4.78 is 15.7. The molecule has 3 aliphatic rings. The number of fused-ring (bicyclic) bond motifs is 3. The summed E-state index contributed by atoms with van der Waals surface area (Å²) in [5, 5.41) is 13.6. The van der Waals surface area contributed by atoms with E-state index >= 15 is 0 Å². The van der Waals surface area contributed by atoms with Crippen molar-refractivity contribution >= 4 is 33.8 Å². The molecule has 0 radical (unpaired) electrons. The fourth-order valence-electron chi connectivity index (χ4n) is 6.71. The number of anilines is 1. The number of allylic oxidation sites excluding steroid dienone is 4. The minimum Gasteiger partial charge on any atom is -0.317 e. The number of carbonyl (C=O) groups is 2. The van der Waals surface area contributed by atoms with E-state index in [1.165, 1.54) is 12.1 Å². The molecule has 8 heteroatoms. The van der Waals surface area contributed by atoms with Crippen molar-refractivity contribution in [2.75, 3.05) is 4.90 Å². The molecule has 0 amide bonds. The summed E-state index contributed by atoms with van der Waals surface area (Å²) in [6.07, 6.45) is 2.86. The monoisotopic (exact) mass is 521 g/mol. The van der Waals surface area contributed by atoms with E-state index in [1.807, 2.05) is 19.1 Å². The molecule has 4 aromatic rings. The number of pyridine rings is 1. The zero-order chi connectivity index (χ0) is 27.1. The largest absolute Gasteiger partial charge is 0.317 e. The fourth-order valence-corrected chi connectivity index (χ4v) is 6.71. The Hall–Kier alpha value is -4.20. The highest BCUT2D eigenvalue weighted by molar-refractivity contribution is 6.08. The van der Waals surface area contributed by atoms with Gasteiger partial charge in [0.05, 0.1) is 5.52 Å². The van der Waals surface area contributed by atoms with Crippen LogP contribution in [0.15, 0.2) is 71.1 Å². The first kappa shape index (κ1) is 23.9. The molecule has 0 fully saturated rings. The quantitative estimate of drug-likeness (QED) is 0.323. The third kappa shape index (κ3) is 3.65. The number of Topliss-reactive ketones (excluding diaryl/α,β-unsaturated/α-hetero) is 2. The van der Waals surface area contributed by atoms with E-state index in [9.17, 15) is 14.0 Å². The Balaban J connectivity index is 1.57. The SMILES string of the molecule is Cc1ccc2c(c1)cc(C1C3=C(CCCC3=O)N(c3ccc(F)cc3)C3=C1C(=O)CC(C)(C)C3)c1nnnn12. The molecule has 7 nitrogen and oxygen atoms in total. The molecule has 7 rings (SSSR count). The number of benzene rings is 2. The Morgan fingerprint density at radius 2 is 1.69 bits per heavy atom. The molecule has 0 saturated carbocycles. The topological polar surface area (TPSA) is 80.5 Å². The number of hydrogen-bond donors (Lipinski definition) is 0. The minimum atomic E-state index is -0.568. The summed E-state index contributed by atoms with van der Waals surface area (Å²) in [6, 6.07) is 14.5. The molecular weight excluding hydrogens is 493 g/mol. The van der Waals surface area contributed by atoms with Crippen molar-refractivity contribution in [3.8, 4) is 0 Å². The van der Waals surface area contributed by atoms with Crippen LogP contribution < -0.4 is 4.90 Å². The van der Waals surface area contributed by atoms with Gasteiger partial charge in [-0.3, -0.25) is 9.59 Å². The second kappa shape index (κ2) is 8.40. The average Bonchev–Trinajstić information content (AvgIpc) is 3.37. The molecule has 39 heavy (non-hydrogen) atoms. The predicted octanol–water partition coefficient (Wildman–Crippen LogP) is 5.98. The normalized spacial score (nSPS) is 21.1. The third-order valence-corrected chi connectivity index (χ3v) is 8.29. The molecule has 0 N–H and O–H groups in total. The molecule has 2 aliphatic carbocycles. The van der Waals surface area contributed by atoms with Crippen molar-refractivity contribution in [1.82, 2.24) is 20.0 Å². The zero-order valence-corrected chi connectivity index (χ0v) is 22.2. The fraction of sp³-hybridized carbons (Fsp3) is 0.323. The Kier molecular flexibility index (Phi) is 5.14. The first-order valence-corrected chi connectivity index (χ1v) is 13.4. The Labute approximate surface area is 225 Å². The summed E-state index contributed by atoms with van der Waals surface area (Å²) in [7, 11) is 0. The molecule has 0 saturated heterocycles. The van der Waals surface area contributed by atoms with Gasteiger partial charge >= 0.3 is 0 Å². The minimum absolute atomic E-state index is 0.0262. The second-order valence-corrected chi connectivity index (χ2v) is 11.8. The van der Waals surface area contributed by atoms with Crippen molar-refractivity contribution in [1.29, 1.82) is 0 Å². The van der Waals surface area contributed by atoms with Gasteiger partial charge in [-0.1, -0.05) is 25.5 Å². The van der Waals surface area contributed by atoms with Gasteiger partial charge in [-0.15, -0.1) is 5.10 Å². The summed E-state index contributed by atoms with van der Waals surface area (Å²) in [6.45, 7) is 6.23. The van der Waals surface area contributed by atoms with E-state index in [2.05, 4.69) is 46.4 Å². The molecule has 0 spiro atoms. The van der Waals surface area contributed by atoms with Gasteiger partial charge in [-0.2, -0.15) is 4.52 Å². The standard InChI is InChI=1S/C31H28FN5O2/c1-17-7-12-22-18(13-17)14-21(30-33-34-35-37(22)30)27-28-23(5-4-6-25(28)38)36(20-10-8-19(32)9-11-20)24-15-31(2,3)16-26(39)29(24)27/h7-14,27H,4-6,15-16H2,1-3H3. The van der Waals surface area contributed by atoms with Gasteiger partial charge in [-0.05, 0) is 84.5 Å². The van der Waals surface area contributed by atoms with Crippen molar-refractivity contribution < 1.29 is 14.0 Å². The van der Waals surface area contributed by atoms with E-state index in [4.69, 9.17) is 0 Å². The number of hydrogen-bond acceptors (Lipinski definition) is 6. The summed E-state index contributed by atoms with van der Waals surface area (Å²) in [5.74, 6) is -0.836. The smallest absolute Gasteiger partial charge is 0.184 e. The first-order chi connectivity index (χ1) is 18.7. The van der Waals surface area contributed by atoms with Crippen molar-refractivity contribution in [2.45, 2.75) is 58.8 Å². The maximum absolute atomic E-state index is 14.1. The molecule has 1 unspecified atom stereocenters. The van der Waals surface area contributed by atoms with E-state index in [1.54, 1.807) is 16.6 Å². The number of halogens is 1. The van der Waals surface area contributed by atoms with Gasteiger partial charge in [0.1, 0.15) is 5.82 Å². The zero-order valence-electron chi connectivity index (χ0n) is 22.2. The lowest BCUT2D eigenvalue weighted by Crippen LogP contribution is -2.42. The molecular formula is C31H28FN5O2. The Bertz CT molecular complexity index is 1780. The number of aryl methyl sites for hydroxylation is 1. The number of ketones is 2. The van der Waals surface area contributed by atoms with Gasteiger partial charge in [-0.25, -0.2) is 4.39 Å². The highest BCUT2D eigenvalue weighted by Crippen LogP contribution is 2.54. The Morgan fingerprint density at radius 1 is 0.923 bits per heavy atom. The number of aromatic nitrogens is 4. The summed E-state index contributed by atoms with van der Waals surface area (Å²) in [5.41, 5.74) is 6.80. The van der Waals surface area contributed by atoms with Crippen LogP contribution in [0.2, 0.25) is 0 Å². The van der Waals surface area contributed by atoms with Gasteiger partial charge in [0, 0.05) is 57.9 Å². The van der Waals surface area contributed by atoms with Crippen LogP contribution in [0.5, 0.6) is 0 Å². The lowest BCUT2D eigenvalue weighted by molar-refractivity contribution is -0.118. The van der Waals surface area contributed by atoms with Crippen LogP contribution in [0, 0.1) is 18.2 Å². The average molecular weight is 522 g/mol. The lowest BCUT2D eigenvalue weighted by Gasteiger charge is -2.46. The maximum atomic E-state index is 14.1. The van der Waals surface area contributed by atoms with Crippen LogP contribution in [-0.2, 0) is 9.59 Å².